The molecule has 0 heterocycles. The van der Waals surface area contributed by atoms with Crippen LogP contribution in [0.4, 0.5) is 0 Å². The molecule has 0 bridgehead atoms. The Kier molecular flexibility index (Phi) is 11.1. The van der Waals surface area contributed by atoms with E-state index in [0.29, 0.717) is 19.0 Å². The maximum Gasteiger partial charge on any atom is 0.239 e. The summed E-state index contributed by atoms with van der Waals surface area (Å²) in [7, 11) is 1.63. The van der Waals surface area contributed by atoms with Crippen molar-refractivity contribution < 1.29 is 9.53 Å². The van der Waals surface area contributed by atoms with Gasteiger partial charge in [0.1, 0.15) is 5.75 Å². The molecule has 2 aromatic carbocycles. The van der Waals surface area contributed by atoms with Crippen LogP contribution in [0.2, 0.25) is 0 Å². The van der Waals surface area contributed by atoms with Crippen molar-refractivity contribution >= 4 is 35.8 Å². The number of nitrogens with zero attached hydrogens (tertiary/aromatic N) is 1. The molecule has 2 rings (SSSR count). The number of hydrogen-bond donors (Lipinski definition) is 3. The van der Waals surface area contributed by atoms with E-state index in [0.717, 1.165) is 17.9 Å². The molecule has 0 aliphatic heterocycles. The van der Waals surface area contributed by atoms with Gasteiger partial charge in [0.25, 0.3) is 0 Å². The summed E-state index contributed by atoms with van der Waals surface area (Å²) >= 11 is 0. The van der Waals surface area contributed by atoms with Crippen molar-refractivity contribution in [2.24, 2.45) is 4.99 Å². The summed E-state index contributed by atoms with van der Waals surface area (Å²) in [5.41, 5.74) is 4.65. The minimum atomic E-state index is -0.0899. The number of methoxy groups -OCH3 is 1. The van der Waals surface area contributed by atoms with Gasteiger partial charge in [-0.2, -0.15) is 0 Å². The van der Waals surface area contributed by atoms with E-state index in [1.807, 2.05) is 31.2 Å². The lowest BCUT2D eigenvalue weighted by atomic mass is 10.1. The maximum absolute atomic E-state index is 12.1. The number of halogens is 1. The molecule has 0 atom stereocenters. The lowest BCUT2D eigenvalue weighted by molar-refractivity contribution is -0.120. The molecular formula is C22H31IN4O2. The third kappa shape index (κ3) is 8.72. The summed E-state index contributed by atoms with van der Waals surface area (Å²) in [5, 5.41) is 9.15. The van der Waals surface area contributed by atoms with E-state index in [-0.39, 0.29) is 36.4 Å². The molecule has 0 fully saturated rings. The van der Waals surface area contributed by atoms with Gasteiger partial charge in [-0.3, -0.25) is 4.79 Å². The standard InChI is InChI=1S/C22H30N4O2.HI/c1-5-23-22(25-14-19-9-6-16(2)12-17(19)3)26-15-21(27)24-13-18-7-10-20(28-4)11-8-18;/h6-12H,5,13-15H2,1-4H3,(H,24,27)(H2,23,25,26);1H. The third-order valence-electron chi connectivity index (χ3n) is 4.31. The Morgan fingerprint density at radius 1 is 1.03 bits per heavy atom. The summed E-state index contributed by atoms with van der Waals surface area (Å²) in [6, 6.07) is 14.0. The number of nitrogens with one attached hydrogen (secondary N) is 3. The van der Waals surface area contributed by atoms with E-state index < -0.39 is 0 Å². The van der Waals surface area contributed by atoms with Crippen molar-refractivity contribution in [3.05, 3.63) is 64.7 Å². The highest BCUT2D eigenvalue weighted by Gasteiger charge is 2.05. The van der Waals surface area contributed by atoms with Crippen LogP contribution in [0.25, 0.3) is 0 Å². The number of guanidine groups is 1. The van der Waals surface area contributed by atoms with Crippen LogP contribution in [0.15, 0.2) is 47.5 Å². The fourth-order valence-electron chi connectivity index (χ4n) is 2.70. The number of aryl methyl sites for hydroxylation is 2. The first kappa shape index (κ1) is 24.7. The van der Waals surface area contributed by atoms with E-state index in [9.17, 15) is 4.79 Å². The van der Waals surface area contributed by atoms with Crippen LogP contribution in [0.5, 0.6) is 5.75 Å². The van der Waals surface area contributed by atoms with E-state index >= 15 is 0 Å². The highest BCUT2D eigenvalue weighted by Crippen LogP contribution is 2.12. The number of aliphatic imine (C=N–C) groups is 1. The lowest BCUT2D eigenvalue weighted by Crippen LogP contribution is -2.43. The first-order valence-corrected chi connectivity index (χ1v) is 9.49. The molecule has 29 heavy (non-hydrogen) atoms. The molecule has 0 radical (unpaired) electrons. The Balaban J connectivity index is 0.00000420. The maximum atomic E-state index is 12.1. The van der Waals surface area contributed by atoms with Gasteiger partial charge in [0.05, 0.1) is 20.2 Å². The molecule has 2 aromatic rings. The molecule has 1 amide bonds. The third-order valence-corrected chi connectivity index (χ3v) is 4.31. The predicted molar refractivity (Wildman–Crippen MR) is 129 cm³/mol. The van der Waals surface area contributed by atoms with Crippen molar-refractivity contribution in [2.45, 2.75) is 33.9 Å². The van der Waals surface area contributed by atoms with Crippen molar-refractivity contribution in [1.82, 2.24) is 16.0 Å². The van der Waals surface area contributed by atoms with Crippen LogP contribution < -0.4 is 20.7 Å². The molecule has 0 spiro atoms. The fraction of sp³-hybridized carbons (Fsp3) is 0.364. The van der Waals surface area contributed by atoms with Gasteiger partial charge in [0.15, 0.2) is 5.96 Å². The molecular weight excluding hydrogens is 479 g/mol. The molecule has 0 unspecified atom stereocenters. The van der Waals surface area contributed by atoms with Gasteiger partial charge >= 0.3 is 0 Å². The topological polar surface area (TPSA) is 74.8 Å². The Morgan fingerprint density at radius 3 is 2.38 bits per heavy atom. The highest BCUT2D eigenvalue weighted by atomic mass is 127. The summed E-state index contributed by atoms with van der Waals surface area (Å²) in [6.07, 6.45) is 0. The Labute approximate surface area is 190 Å². The zero-order chi connectivity index (χ0) is 20.4. The second-order valence-electron chi connectivity index (χ2n) is 6.60. The lowest BCUT2D eigenvalue weighted by Gasteiger charge is -2.12. The fourth-order valence-corrected chi connectivity index (χ4v) is 2.70. The van der Waals surface area contributed by atoms with Gasteiger partial charge in [-0.05, 0) is 49.6 Å². The molecule has 158 valence electrons. The predicted octanol–water partition coefficient (Wildman–Crippen LogP) is 3.30. The van der Waals surface area contributed by atoms with Crippen LogP contribution >= 0.6 is 24.0 Å². The van der Waals surface area contributed by atoms with E-state index in [1.165, 1.54) is 16.7 Å². The van der Waals surface area contributed by atoms with Crippen molar-refractivity contribution in [2.75, 3.05) is 20.2 Å². The monoisotopic (exact) mass is 510 g/mol. The second-order valence-corrected chi connectivity index (χ2v) is 6.60. The number of ether oxygens (including phenoxy) is 1. The Morgan fingerprint density at radius 2 is 1.76 bits per heavy atom. The van der Waals surface area contributed by atoms with E-state index in [2.05, 4.69) is 53.0 Å². The zero-order valence-electron chi connectivity index (χ0n) is 17.5. The first-order valence-electron chi connectivity index (χ1n) is 9.49. The number of benzene rings is 2. The molecule has 6 nitrogen and oxygen atoms in total. The van der Waals surface area contributed by atoms with Gasteiger partial charge in [-0.1, -0.05) is 35.9 Å². The largest absolute Gasteiger partial charge is 0.497 e. The normalized spacial score (nSPS) is 10.7. The summed E-state index contributed by atoms with van der Waals surface area (Å²) in [6.45, 7) is 8.09. The molecule has 0 saturated heterocycles. The number of amides is 1. The summed E-state index contributed by atoms with van der Waals surface area (Å²) in [5.74, 6) is 1.34. The first-order chi connectivity index (χ1) is 13.5. The van der Waals surface area contributed by atoms with Crippen molar-refractivity contribution in [1.29, 1.82) is 0 Å². The quantitative estimate of drug-likeness (QED) is 0.290. The smallest absolute Gasteiger partial charge is 0.239 e. The van der Waals surface area contributed by atoms with Gasteiger partial charge in [-0.25, -0.2) is 4.99 Å². The van der Waals surface area contributed by atoms with Crippen LogP contribution in [0.3, 0.4) is 0 Å². The van der Waals surface area contributed by atoms with Crippen LogP contribution in [-0.2, 0) is 17.9 Å². The number of carbonyl (C=O) groups is 1. The van der Waals surface area contributed by atoms with Crippen molar-refractivity contribution in [3.8, 4) is 5.75 Å². The second kappa shape index (κ2) is 13.0. The average molecular weight is 510 g/mol. The zero-order valence-corrected chi connectivity index (χ0v) is 19.9. The SMILES string of the molecule is CCNC(=NCc1ccc(C)cc1C)NCC(=O)NCc1ccc(OC)cc1.I. The minimum absolute atomic E-state index is 0. The Hall–Kier alpha value is -2.29. The van der Waals surface area contributed by atoms with Crippen LogP contribution in [0, 0.1) is 13.8 Å². The summed E-state index contributed by atoms with van der Waals surface area (Å²) in [4.78, 5) is 16.7. The molecule has 7 heteroatoms. The molecule has 0 saturated carbocycles. The summed E-state index contributed by atoms with van der Waals surface area (Å²) < 4.78 is 5.13. The van der Waals surface area contributed by atoms with Crippen molar-refractivity contribution in [3.63, 3.8) is 0 Å². The average Bonchev–Trinajstić information content (AvgIpc) is 2.70. The van der Waals surface area contributed by atoms with Gasteiger partial charge in [0.2, 0.25) is 5.91 Å². The highest BCUT2D eigenvalue weighted by molar-refractivity contribution is 14.0. The minimum Gasteiger partial charge on any atom is -0.497 e. The van der Waals surface area contributed by atoms with E-state index in [1.54, 1.807) is 7.11 Å². The van der Waals surface area contributed by atoms with Crippen LogP contribution in [-0.4, -0.2) is 32.1 Å². The van der Waals surface area contributed by atoms with E-state index in [4.69, 9.17) is 4.74 Å². The number of carbonyl (C=O) groups excluding carboxylic acids is 1. The van der Waals surface area contributed by atoms with Gasteiger partial charge < -0.3 is 20.7 Å². The van der Waals surface area contributed by atoms with Gasteiger partial charge in [-0.15, -0.1) is 24.0 Å². The number of hydrogen-bond acceptors (Lipinski definition) is 3. The molecule has 0 aliphatic rings. The Bertz CT molecular complexity index is 807. The molecule has 0 aromatic heterocycles. The molecule has 3 N–H and O–H groups in total. The van der Waals surface area contributed by atoms with Crippen LogP contribution in [0.1, 0.15) is 29.2 Å². The molecule has 0 aliphatic carbocycles. The van der Waals surface area contributed by atoms with Gasteiger partial charge in [0, 0.05) is 13.1 Å². The number of rotatable bonds is 8.